The van der Waals surface area contributed by atoms with Crippen LogP contribution in [0.2, 0.25) is 0 Å². The number of benzene rings is 1. The van der Waals surface area contributed by atoms with E-state index in [1.165, 1.54) is 6.08 Å². The molecule has 5 nitrogen and oxygen atoms in total. The van der Waals surface area contributed by atoms with Gasteiger partial charge in [-0.05, 0) is 32.9 Å². The van der Waals surface area contributed by atoms with Gasteiger partial charge in [-0.2, -0.15) is 10.5 Å². The molecule has 1 aromatic rings. The Kier molecular flexibility index (Phi) is 6.63. The summed E-state index contributed by atoms with van der Waals surface area (Å²) in [6.45, 7) is 7.07. The quantitative estimate of drug-likeness (QED) is 0.719. The van der Waals surface area contributed by atoms with Gasteiger partial charge < -0.3 is 14.2 Å². The Balaban J connectivity index is 3.39. The van der Waals surface area contributed by atoms with E-state index in [1.807, 2.05) is 32.9 Å². The third-order valence-corrected chi connectivity index (χ3v) is 2.52. The third-order valence-electron chi connectivity index (χ3n) is 2.52. The summed E-state index contributed by atoms with van der Waals surface area (Å²) in [5.74, 6) is 1.69. The molecule has 0 aliphatic carbocycles. The molecule has 0 aliphatic rings. The molecule has 0 aromatic heterocycles. The molecule has 0 radical (unpaired) electrons. The maximum absolute atomic E-state index is 8.88. The highest BCUT2D eigenvalue weighted by Crippen LogP contribution is 2.36. The molecule has 110 valence electrons. The van der Waals surface area contributed by atoms with E-state index in [1.54, 1.807) is 12.1 Å². The number of rotatable bonds is 7. The van der Waals surface area contributed by atoms with E-state index in [-0.39, 0.29) is 5.57 Å². The number of ether oxygens (including phenoxy) is 3. The van der Waals surface area contributed by atoms with Crippen molar-refractivity contribution in [2.24, 2.45) is 0 Å². The normalized spacial score (nSPS) is 9.19. The van der Waals surface area contributed by atoms with E-state index in [9.17, 15) is 0 Å². The van der Waals surface area contributed by atoms with E-state index in [2.05, 4.69) is 0 Å². The maximum Gasteiger partial charge on any atom is 0.164 e. The van der Waals surface area contributed by atoms with Crippen LogP contribution in [0.1, 0.15) is 26.3 Å². The molecule has 0 heterocycles. The van der Waals surface area contributed by atoms with Crippen molar-refractivity contribution < 1.29 is 14.2 Å². The zero-order chi connectivity index (χ0) is 15.7. The molecule has 0 bridgehead atoms. The van der Waals surface area contributed by atoms with E-state index in [4.69, 9.17) is 24.7 Å². The molecular weight excluding hydrogens is 268 g/mol. The molecule has 0 amide bonds. The SMILES string of the molecule is CCOc1cc(OCC)c(OCC)cc1C=C(C#N)C#N. The average molecular weight is 286 g/mol. The molecular formula is C16H18N2O3. The first kappa shape index (κ1) is 16.4. The van der Waals surface area contributed by atoms with Gasteiger partial charge in [-0.25, -0.2) is 0 Å². The highest BCUT2D eigenvalue weighted by molar-refractivity contribution is 5.69. The van der Waals surface area contributed by atoms with Crippen molar-refractivity contribution in [2.45, 2.75) is 20.8 Å². The second kappa shape index (κ2) is 8.50. The largest absolute Gasteiger partial charge is 0.493 e. The molecule has 1 rings (SSSR count). The molecule has 0 atom stereocenters. The minimum atomic E-state index is 0.00237. The van der Waals surface area contributed by atoms with Crippen LogP contribution in [0, 0.1) is 22.7 Å². The van der Waals surface area contributed by atoms with Gasteiger partial charge in [0.1, 0.15) is 23.5 Å². The fourth-order valence-electron chi connectivity index (χ4n) is 1.73. The minimum absolute atomic E-state index is 0.00237. The van der Waals surface area contributed by atoms with Crippen molar-refractivity contribution in [3.8, 4) is 29.4 Å². The molecule has 5 heteroatoms. The predicted molar refractivity (Wildman–Crippen MR) is 79.2 cm³/mol. The monoisotopic (exact) mass is 286 g/mol. The smallest absolute Gasteiger partial charge is 0.164 e. The summed E-state index contributed by atoms with van der Waals surface area (Å²) in [7, 11) is 0. The minimum Gasteiger partial charge on any atom is -0.493 e. The number of hydrogen-bond donors (Lipinski definition) is 0. The van der Waals surface area contributed by atoms with Crippen LogP contribution in [0.4, 0.5) is 0 Å². The second-order valence-corrected chi connectivity index (χ2v) is 3.92. The van der Waals surface area contributed by atoms with Crippen molar-refractivity contribution in [3.05, 3.63) is 23.3 Å². The number of allylic oxidation sites excluding steroid dienone is 1. The van der Waals surface area contributed by atoms with E-state index in [0.29, 0.717) is 42.6 Å². The van der Waals surface area contributed by atoms with Crippen molar-refractivity contribution in [3.63, 3.8) is 0 Å². The van der Waals surface area contributed by atoms with Gasteiger partial charge in [0.2, 0.25) is 0 Å². The van der Waals surface area contributed by atoms with Gasteiger partial charge in [0.25, 0.3) is 0 Å². The summed E-state index contributed by atoms with van der Waals surface area (Å²) in [5.41, 5.74) is 0.615. The molecule has 0 N–H and O–H groups in total. The van der Waals surface area contributed by atoms with Gasteiger partial charge in [-0.3, -0.25) is 0 Å². The molecule has 0 saturated heterocycles. The number of nitrogens with zero attached hydrogens (tertiary/aromatic N) is 2. The average Bonchev–Trinajstić information content (AvgIpc) is 2.49. The fourth-order valence-corrected chi connectivity index (χ4v) is 1.73. The van der Waals surface area contributed by atoms with Crippen LogP contribution in [-0.4, -0.2) is 19.8 Å². The highest BCUT2D eigenvalue weighted by Gasteiger charge is 2.12. The maximum atomic E-state index is 8.88. The van der Waals surface area contributed by atoms with Gasteiger partial charge in [0.05, 0.1) is 19.8 Å². The molecule has 0 aliphatic heterocycles. The van der Waals surface area contributed by atoms with Gasteiger partial charge in [-0.15, -0.1) is 0 Å². The van der Waals surface area contributed by atoms with Crippen molar-refractivity contribution in [1.29, 1.82) is 10.5 Å². The topological polar surface area (TPSA) is 75.3 Å². The Hall–Kier alpha value is -2.66. The van der Waals surface area contributed by atoms with Crippen LogP contribution >= 0.6 is 0 Å². The summed E-state index contributed by atoms with van der Waals surface area (Å²) < 4.78 is 16.6. The second-order valence-electron chi connectivity index (χ2n) is 3.92. The van der Waals surface area contributed by atoms with Gasteiger partial charge >= 0.3 is 0 Å². The lowest BCUT2D eigenvalue weighted by Gasteiger charge is -2.15. The van der Waals surface area contributed by atoms with Crippen molar-refractivity contribution >= 4 is 6.08 Å². The first-order valence-electron chi connectivity index (χ1n) is 6.78. The van der Waals surface area contributed by atoms with Crippen LogP contribution in [0.25, 0.3) is 6.08 Å². The van der Waals surface area contributed by atoms with Gasteiger partial charge in [-0.1, -0.05) is 0 Å². The van der Waals surface area contributed by atoms with E-state index >= 15 is 0 Å². The fraction of sp³-hybridized carbons (Fsp3) is 0.375. The van der Waals surface area contributed by atoms with Crippen LogP contribution in [0.3, 0.4) is 0 Å². The number of hydrogen-bond acceptors (Lipinski definition) is 5. The van der Waals surface area contributed by atoms with Gasteiger partial charge in [0, 0.05) is 11.6 Å². The molecule has 0 spiro atoms. The Labute approximate surface area is 125 Å². The lowest BCUT2D eigenvalue weighted by Crippen LogP contribution is -2.01. The Morgan fingerprint density at radius 2 is 1.38 bits per heavy atom. The highest BCUT2D eigenvalue weighted by atomic mass is 16.5. The molecule has 0 saturated carbocycles. The van der Waals surface area contributed by atoms with Crippen LogP contribution in [0.5, 0.6) is 17.2 Å². The Bertz CT molecular complexity index is 579. The van der Waals surface area contributed by atoms with E-state index in [0.717, 1.165) is 0 Å². The first-order chi connectivity index (χ1) is 10.2. The predicted octanol–water partition coefficient (Wildman–Crippen LogP) is 3.31. The standard InChI is InChI=1S/C16H18N2O3/c1-4-19-14-9-16(21-6-3)15(20-5-2)8-13(14)7-12(10-17)11-18/h7-9H,4-6H2,1-3H3. The number of nitriles is 2. The lowest BCUT2D eigenvalue weighted by molar-refractivity contribution is 0.282. The molecule has 1 aromatic carbocycles. The summed E-state index contributed by atoms with van der Waals surface area (Å²) >= 11 is 0. The van der Waals surface area contributed by atoms with Crippen LogP contribution < -0.4 is 14.2 Å². The third kappa shape index (κ3) is 4.43. The van der Waals surface area contributed by atoms with Crippen molar-refractivity contribution in [1.82, 2.24) is 0 Å². The van der Waals surface area contributed by atoms with E-state index < -0.39 is 0 Å². The summed E-state index contributed by atoms with van der Waals surface area (Å²) in [6.07, 6.45) is 1.48. The first-order valence-corrected chi connectivity index (χ1v) is 6.78. The van der Waals surface area contributed by atoms with Crippen LogP contribution in [-0.2, 0) is 0 Å². The Morgan fingerprint density at radius 3 is 1.86 bits per heavy atom. The summed E-state index contributed by atoms with van der Waals surface area (Å²) in [5, 5.41) is 17.8. The zero-order valence-corrected chi connectivity index (χ0v) is 12.5. The summed E-state index contributed by atoms with van der Waals surface area (Å²) in [6, 6.07) is 7.10. The molecule has 0 fully saturated rings. The Morgan fingerprint density at radius 1 is 0.905 bits per heavy atom. The van der Waals surface area contributed by atoms with Crippen molar-refractivity contribution in [2.75, 3.05) is 19.8 Å². The molecule has 0 unspecified atom stereocenters. The van der Waals surface area contributed by atoms with Gasteiger partial charge in [0.15, 0.2) is 11.5 Å². The molecule has 21 heavy (non-hydrogen) atoms. The lowest BCUT2D eigenvalue weighted by atomic mass is 10.1. The van der Waals surface area contributed by atoms with Crippen LogP contribution in [0.15, 0.2) is 17.7 Å². The zero-order valence-electron chi connectivity index (χ0n) is 12.5. The summed E-state index contributed by atoms with van der Waals surface area (Å²) in [4.78, 5) is 0.